The molecule has 2 aromatic carbocycles. The van der Waals surface area contributed by atoms with E-state index in [2.05, 4.69) is 0 Å². The molecule has 2 aromatic rings. The number of hydrogen-bond acceptors (Lipinski definition) is 11. The second-order valence-corrected chi connectivity index (χ2v) is 8.34. The van der Waals surface area contributed by atoms with Crippen molar-refractivity contribution >= 4 is 11.9 Å². The van der Waals surface area contributed by atoms with Crippen LogP contribution in [-0.2, 0) is 33.6 Å². The van der Waals surface area contributed by atoms with E-state index in [4.69, 9.17) is 33.5 Å². The third-order valence-corrected chi connectivity index (χ3v) is 5.35. The molecule has 0 aromatic heterocycles. The Balaban J connectivity index is 1.16. The van der Waals surface area contributed by atoms with Crippen molar-refractivity contribution in [1.82, 2.24) is 0 Å². The lowest BCUT2D eigenvalue weighted by molar-refractivity contribution is -0.352. The molecule has 2 heterocycles. The van der Waals surface area contributed by atoms with Gasteiger partial charge in [-0.15, -0.1) is 0 Å². The number of benzene rings is 2. The topological polar surface area (TPSA) is 139 Å². The molecule has 11 heteroatoms. The molecule has 2 atom stereocenters. The zero-order valence-corrected chi connectivity index (χ0v) is 20.4. The molecule has 4 rings (SSSR count). The fourth-order valence-corrected chi connectivity index (χ4v) is 3.34. The molecular weight excluding hydrogens is 500 g/mol. The molecule has 0 saturated carbocycles. The summed E-state index contributed by atoms with van der Waals surface area (Å²) < 4.78 is 26.3. The molecule has 0 bridgehead atoms. The average molecular weight is 529 g/mol. The Hall–Kier alpha value is -4.06. The van der Waals surface area contributed by atoms with Gasteiger partial charge in [0.1, 0.15) is 49.8 Å². The molecule has 0 radical (unpaired) electrons. The SMILES string of the molecule is O=C1CC=C(OCC(O)COc2ccc(-c3ccc(OCC(O)OOC4=CCC(=O)OC4)cc3)cc2)CO1. The first-order chi connectivity index (χ1) is 18.4. The van der Waals surface area contributed by atoms with Crippen LogP contribution in [0.25, 0.3) is 11.1 Å². The monoisotopic (exact) mass is 528 g/mol. The number of carbonyl (C=O) groups excluding carboxylic acids is 2. The van der Waals surface area contributed by atoms with Gasteiger partial charge in [-0.1, -0.05) is 24.3 Å². The van der Waals surface area contributed by atoms with Crippen LogP contribution in [0.1, 0.15) is 12.8 Å². The summed E-state index contributed by atoms with van der Waals surface area (Å²) in [4.78, 5) is 31.8. The molecule has 0 saturated heterocycles. The zero-order chi connectivity index (χ0) is 26.7. The Morgan fingerprint density at radius 1 is 0.684 bits per heavy atom. The maximum Gasteiger partial charge on any atom is 0.310 e. The van der Waals surface area contributed by atoms with Gasteiger partial charge in [0.2, 0.25) is 6.29 Å². The molecule has 2 aliphatic heterocycles. The maximum atomic E-state index is 11.0. The number of cyclic esters (lactones) is 2. The highest BCUT2D eigenvalue weighted by Gasteiger charge is 2.16. The van der Waals surface area contributed by atoms with Crippen molar-refractivity contribution in [3.05, 3.63) is 72.2 Å². The van der Waals surface area contributed by atoms with Crippen molar-refractivity contribution in [2.24, 2.45) is 0 Å². The van der Waals surface area contributed by atoms with E-state index < -0.39 is 12.4 Å². The average Bonchev–Trinajstić information content (AvgIpc) is 2.95. The fraction of sp³-hybridized carbons (Fsp3) is 0.333. The van der Waals surface area contributed by atoms with Crippen molar-refractivity contribution in [2.45, 2.75) is 25.2 Å². The van der Waals surface area contributed by atoms with E-state index in [1.54, 1.807) is 30.3 Å². The van der Waals surface area contributed by atoms with Gasteiger partial charge in [0.05, 0.1) is 12.8 Å². The van der Waals surface area contributed by atoms with Gasteiger partial charge >= 0.3 is 11.9 Å². The third-order valence-electron chi connectivity index (χ3n) is 5.35. The summed E-state index contributed by atoms with van der Waals surface area (Å²) in [7, 11) is 0. The largest absolute Gasteiger partial charge is 0.492 e. The van der Waals surface area contributed by atoms with Crippen LogP contribution in [0.15, 0.2) is 72.2 Å². The Labute approximate surface area is 218 Å². The predicted octanol–water partition coefficient (Wildman–Crippen LogP) is 2.42. The van der Waals surface area contributed by atoms with Gasteiger partial charge in [0, 0.05) is 0 Å². The van der Waals surface area contributed by atoms with Crippen LogP contribution in [0, 0.1) is 0 Å². The van der Waals surface area contributed by atoms with Crippen LogP contribution in [0.5, 0.6) is 11.5 Å². The fourth-order valence-electron chi connectivity index (χ4n) is 3.34. The first-order valence-electron chi connectivity index (χ1n) is 11.9. The standard InChI is InChI=1S/C27H28O11/c28-20(14-33-23-9-11-25(29)35-15-23)13-32-21-5-1-18(2-6-21)19-3-7-22(8-4-19)34-17-27(31)38-37-24-10-12-26(30)36-16-24/h1-10,20,27-28,31H,11-17H2. The van der Waals surface area contributed by atoms with E-state index in [1.807, 2.05) is 24.3 Å². The van der Waals surface area contributed by atoms with Crippen molar-refractivity contribution in [1.29, 1.82) is 0 Å². The highest BCUT2D eigenvalue weighted by molar-refractivity contribution is 5.72. The molecule has 0 spiro atoms. The van der Waals surface area contributed by atoms with Crippen LogP contribution in [-0.4, -0.2) is 67.6 Å². The van der Waals surface area contributed by atoms with Gasteiger partial charge in [-0.25, -0.2) is 0 Å². The predicted molar refractivity (Wildman–Crippen MR) is 130 cm³/mol. The van der Waals surface area contributed by atoms with Crippen LogP contribution in [0.3, 0.4) is 0 Å². The van der Waals surface area contributed by atoms with E-state index in [-0.39, 0.29) is 57.8 Å². The first-order valence-corrected chi connectivity index (χ1v) is 11.9. The van der Waals surface area contributed by atoms with Crippen molar-refractivity contribution in [3.8, 4) is 22.6 Å². The second kappa shape index (κ2) is 13.5. The van der Waals surface area contributed by atoms with Crippen LogP contribution >= 0.6 is 0 Å². The highest BCUT2D eigenvalue weighted by Crippen LogP contribution is 2.25. The van der Waals surface area contributed by atoms with Gasteiger partial charge in [0.25, 0.3) is 0 Å². The quantitative estimate of drug-likeness (QED) is 0.171. The van der Waals surface area contributed by atoms with Gasteiger partial charge in [-0.05, 0) is 47.5 Å². The van der Waals surface area contributed by atoms with Crippen molar-refractivity contribution < 1.29 is 53.3 Å². The van der Waals surface area contributed by atoms with E-state index in [1.165, 1.54) is 6.08 Å². The number of hydrogen-bond donors (Lipinski definition) is 2. The highest BCUT2D eigenvalue weighted by atomic mass is 17.2. The van der Waals surface area contributed by atoms with Crippen molar-refractivity contribution in [3.63, 3.8) is 0 Å². The summed E-state index contributed by atoms with van der Waals surface area (Å²) in [6.45, 7) is -0.0603. The van der Waals surface area contributed by atoms with Gasteiger partial charge < -0.3 is 38.8 Å². The molecule has 2 unspecified atom stereocenters. The number of aliphatic hydroxyl groups is 2. The summed E-state index contributed by atoms with van der Waals surface area (Å²) in [6, 6.07) is 14.6. The van der Waals surface area contributed by atoms with Gasteiger partial charge in [0.15, 0.2) is 12.4 Å². The normalized spacial score (nSPS) is 16.8. The summed E-state index contributed by atoms with van der Waals surface area (Å²) in [5.74, 6) is 1.29. The summed E-state index contributed by atoms with van der Waals surface area (Å²) in [6.07, 6.45) is 1.23. The van der Waals surface area contributed by atoms with Crippen LogP contribution in [0.2, 0.25) is 0 Å². The number of rotatable bonds is 13. The Morgan fingerprint density at radius 2 is 1.18 bits per heavy atom. The lowest BCUT2D eigenvalue weighted by atomic mass is 10.1. The minimum Gasteiger partial charge on any atom is -0.492 e. The summed E-state index contributed by atoms with van der Waals surface area (Å²) in [5.41, 5.74) is 1.89. The third kappa shape index (κ3) is 8.51. The van der Waals surface area contributed by atoms with E-state index >= 15 is 0 Å². The molecule has 0 amide bonds. The number of carbonyl (C=O) groups is 2. The maximum absolute atomic E-state index is 11.0. The summed E-state index contributed by atoms with van der Waals surface area (Å²) in [5, 5.41) is 19.9. The van der Waals surface area contributed by atoms with E-state index in [9.17, 15) is 19.8 Å². The molecule has 0 fully saturated rings. The molecule has 11 nitrogen and oxygen atoms in total. The molecule has 2 N–H and O–H groups in total. The van der Waals surface area contributed by atoms with Gasteiger partial charge in [-0.3, -0.25) is 9.59 Å². The van der Waals surface area contributed by atoms with Crippen LogP contribution in [0.4, 0.5) is 0 Å². The van der Waals surface area contributed by atoms with Gasteiger partial charge in [-0.2, -0.15) is 4.89 Å². The molecule has 38 heavy (non-hydrogen) atoms. The second-order valence-electron chi connectivity index (χ2n) is 8.34. The molecule has 0 aliphatic carbocycles. The first kappa shape index (κ1) is 27.0. The minimum absolute atomic E-state index is 0.0290. The Morgan fingerprint density at radius 3 is 1.71 bits per heavy atom. The summed E-state index contributed by atoms with van der Waals surface area (Å²) >= 11 is 0. The van der Waals surface area contributed by atoms with E-state index in [0.717, 1.165) is 11.1 Å². The van der Waals surface area contributed by atoms with Crippen molar-refractivity contribution in [2.75, 3.05) is 33.0 Å². The molecule has 2 aliphatic rings. The van der Waals surface area contributed by atoms with Crippen LogP contribution < -0.4 is 9.47 Å². The lowest BCUT2D eigenvalue weighted by Crippen LogP contribution is -2.25. The Kier molecular flexibility index (Phi) is 9.57. The number of esters is 2. The molecule has 202 valence electrons. The number of aliphatic hydroxyl groups excluding tert-OH is 2. The smallest absolute Gasteiger partial charge is 0.310 e. The Bertz CT molecular complexity index is 1050. The lowest BCUT2D eigenvalue weighted by Gasteiger charge is -2.17. The number of ether oxygens (including phenoxy) is 5. The zero-order valence-electron chi connectivity index (χ0n) is 20.4. The van der Waals surface area contributed by atoms with E-state index in [0.29, 0.717) is 23.0 Å². The molecular formula is C27H28O11. The minimum atomic E-state index is -1.34.